The van der Waals surface area contributed by atoms with Crippen molar-refractivity contribution in [2.75, 3.05) is 12.3 Å². The molecule has 4 aliphatic carbocycles. The number of hydrogen-bond acceptors (Lipinski definition) is 8. The number of nitrogens with zero attached hydrogens (tertiary/aromatic N) is 2. The number of aliphatic hydroxyl groups excluding tert-OH is 3. The van der Waals surface area contributed by atoms with E-state index in [1.54, 1.807) is 18.5 Å². The Bertz CT molecular complexity index is 1210. The third-order valence-electron chi connectivity index (χ3n) is 12.4. The van der Waals surface area contributed by atoms with Crippen LogP contribution in [0.4, 0.5) is 0 Å². The molecule has 10 heteroatoms. The lowest BCUT2D eigenvalue weighted by molar-refractivity contribution is -0.207. The van der Waals surface area contributed by atoms with Crippen LogP contribution in [0.25, 0.3) is 0 Å². The Morgan fingerprint density at radius 1 is 1.14 bits per heavy atom. The Kier molecular flexibility index (Phi) is 9.14. The van der Waals surface area contributed by atoms with Gasteiger partial charge in [0.15, 0.2) is 0 Å². The highest BCUT2D eigenvalue weighted by Gasteiger charge is 2.65. The maximum Gasteiger partial charge on any atom is 0.222 e. The van der Waals surface area contributed by atoms with E-state index in [1.165, 1.54) is 4.90 Å². The van der Waals surface area contributed by atoms with Crippen molar-refractivity contribution < 1.29 is 33.1 Å². The van der Waals surface area contributed by atoms with Gasteiger partial charge in [-0.1, -0.05) is 26.8 Å². The van der Waals surface area contributed by atoms with Crippen LogP contribution in [0.1, 0.15) is 84.1 Å². The number of amides is 1. The fourth-order valence-corrected chi connectivity index (χ4v) is 10.5. The average Bonchev–Trinajstić information content (AvgIpc) is 3.29. The molecule has 1 heterocycles. The highest BCUT2D eigenvalue weighted by molar-refractivity contribution is 7.85. The predicted octanol–water partition coefficient (Wildman–Crippen LogP) is 3.33. The summed E-state index contributed by atoms with van der Waals surface area (Å²) >= 11 is 0. The maximum absolute atomic E-state index is 13.3. The predicted molar refractivity (Wildman–Crippen MR) is 157 cm³/mol. The van der Waals surface area contributed by atoms with Gasteiger partial charge in [0.25, 0.3) is 0 Å². The minimum atomic E-state index is -4.47. The van der Waals surface area contributed by atoms with Crippen molar-refractivity contribution in [3.05, 3.63) is 30.1 Å². The first-order chi connectivity index (χ1) is 19.7. The number of hydrogen-bond donors (Lipinski definition) is 3. The van der Waals surface area contributed by atoms with E-state index in [9.17, 15) is 33.1 Å². The molecule has 0 aromatic carbocycles. The standard InChI is InChI=1S/C32H50N2O7S/c1-20(6-9-29(38)34(13-14-42(39,40)41)19-21-5-4-12-33-18-21)24-7-8-25-30-26(17-28(37)32(24,25)3)31(2)11-10-23(35)15-22(31)16-27(30)36/h4-5,12,18,20,22-28,30,35-37H,6-11,13-17,19H2,1-3H3,(H,39,40,41)/p-1/t20-,22+,23-,24-,25+,26+,27-,28+,30+,31+,32-/m1/s1. The van der Waals surface area contributed by atoms with Crippen LogP contribution in [0.2, 0.25) is 0 Å². The second-order valence-corrected chi connectivity index (χ2v) is 16.0. The second kappa shape index (κ2) is 12.1. The summed E-state index contributed by atoms with van der Waals surface area (Å²) in [6.45, 7) is 6.71. The number of aromatic nitrogens is 1. The zero-order valence-corrected chi connectivity index (χ0v) is 26.1. The van der Waals surface area contributed by atoms with Crippen molar-refractivity contribution in [1.82, 2.24) is 9.88 Å². The van der Waals surface area contributed by atoms with Crippen molar-refractivity contribution in [3.8, 4) is 0 Å². The molecule has 0 saturated heterocycles. The van der Waals surface area contributed by atoms with Gasteiger partial charge in [0, 0.05) is 31.9 Å². The maximum atomic E-state index is 13.3. The number of pyridine rings is 1. The molecule has 1 amide bonds. The van der Waals surface area contributed by atoms with E-state index in [1.807, 2.05) is 6.07 Å². The molecule has 1 aromatic rings. The summed E-state index contributed by atoms with van der Waals surface area (Å²) in [5.74, 6) is 0.379. The first-order valence-corrected chi connectivity index (χ1v) is 17.5. The summed E-state index contributed by atoms with van der Waals surface area (Å²) in [5, 5.41) is 33.7. The first kappa shape index (κ1) is 31.8. The lowest BCUT2D eigenvalue weighted by atomic mass is 9.43. The highest BCUT2D eigenvalue weighted by atomic mass is 32.2. The van der Waals surface area contributed by atoms with Crippen LogP contribution >= 0.6 is 0 Å². The van der Waals surface area contributed by atoms with Crippen molar-refractivity contribution >= 4 is 16.0 Å². The largest absolute Gasteiger partial charge is 0.748 e. The lowest BCUT2D eigenvalue weighted by Crippen LogP contribution is -2.62. The van der Waals surface area contributed by atoms with Gasteiger partial charge in [-0.3, -0.25) is 9.78 Å². The van der Waals surface area contributed by atoms with Gasteiger partial charge in [-0.05, 0) is 109 Å². The zero-order chi connectivity index (χ0) is 30.4. The lowest BCUT2D eigenvalue weighted by Gasteiger charge is -2.63. The molecule has 42 heavy (non-hydrogen) atoms. The van der Waals surface area contributed by atoms with Crippen LogP contribution in [-0.4, -0.2) is 74.7 Å². The quantitative estimate of drug-likeness (QED) is 0.363. The number of carbonyl (C=O) groups excluding carboxylic acids is 1. The minimum absolute atomic E-state index is 0.0247. The SMILES string of the molecule is C[C@H](CCC(=O)N(CCS(=O)(=O)[O-])Cc1cccnc1)[C@H]1CC[C@H]2[C@@H]3[C@H](O)C[C@@H]4C[C@H](O)CC[C@]4(C)[C@H]3C[C@H](O)[C@]12C. The molecule has 0 spiro atoms. The van der Waals surface area contributed by atoms with E-state index < -0.39 is 28.1 Å². The van der Waals surface area contributed by atoms with Crippen LogP contribution in [-0.2, 0) is 21.5 Å². The van der Waals surface area contributed by atoms with E-state index in [2.05, 4.69) is 25.8 Å². The molecule has 9 nitrogen and oxygen atoms in total. The Balaban J connectivity index is 1.27. The molecule has 0 unspecified atom stereocenters. The Morgan fingerprint density at radius 3 is 2.60 bits per heavy atom. The van der Waals surface area contributed by atoms with E-state index in [4.69, 9.17) is 0 Å². The van der Waals surface area contributed by atoms with E-state index in [0.717, 1.165) is 44.1 Å². The molecule has 3 N–H and O–H groups in total. The van der Waals surface area contributed by atoms with Crippen LogP contribution in [0, 0.1) is 46.3 Å². The molecule has 4 saturated carbocycles. The molecule has 0 aliphatic heterocycles. The summed E-state index contributed by atoms with van der Waals surface area (Å²) in [5.41, 5.74) is 0.438. The molecule has 0 radical (unpaired) electrons. The number of aliphatic hydroxyl groups is 3. The van der Waals surface area contributed by atoms with E-state index in [-0.39, 0.29) is 77.9 Å². The summed E-state index contributed by atoms with van der Waals surface area (Å²) in [4.78, 5) is 18.9. The number of fused-ring (bicyclic) bond motifs is 5. The fraction of sp³-hybridized carbons (Fsp3) is 0.812. The third kappa shape index (κ3) is 6.03. The van der Waals surface area contributed by atoms with Gasteiger partial charge in [0.1, 0.15) is 0 Å². The molecular weight excluding hydrogens is 556 g/mol. The van der Waals surface area contributed by atoms with E-state index in [0.29, 0.717) is 12.8 Å². The normalized spacial score (nSPS) is 40.5. The minimum Gasteiger partial charge on any atom is -0.748 e. The van der Waals surface area contributed by atoms with Crippen LogP contribution < -0.4 is 0 Å². The second-order valence-electron chi connectivity index (χ2n) is 14.5. The van der Waals surface area contributed by atoms with Gasteiger partial charge < -0.3 is 24.8 Å². The van der Waals surface area contributed by atoms with Gasteiger partial charge in [-0.2, -0.15) is 0 Å². The Labute approximate surface area is 250 Å². The number of carbonyl (C=O) groups is 1. The van der Waals surface area contributed by atoms with Crippen molar-refractivity contribution in [1.29, 1.82) is 0 Å². The van der Waals surface area contributed by atoms with Gasteiger partial charge in [-0.25, -0.2) is 8.42 Å². The molecule has 11 atom stereocenters. The molecular formula is C32H49N2O7S-. The zero-order valence-electron chi connectivity index (χ0n) is 25.3. The molecule has 4 fully saturated rings. The molecule has 1 aromatic heterocycles. The molecule has 236 valence electrons. The molecule has 0 bridgehead atoms. The van der Waals surface area contributed by atoms with Gasteiger partial charge in [0.05, 0.1) is 34.2 Å². The van der Waals surface area contributed by atoms with Gasteiger partial charge in [-0.15, -0.1) is 0 Å². The summed E-state index contributed by atoms with van der Waals surface area (Å²) in [7, 11) is -4.47. The van der Waals surface area contributed by atoms with Crippen LogP contribution in [0.3, 0.4) is 0 Å². The molecule has 5 rings (SSSR count). The summed E-state index contributed by atoms with van der Waals surface area (Å²) in [6, 6.07) is 3.57. The van der Waals surface area contributed by atoms with Crippen molar-refractivity contribution in [2.24, 2.45) is 46.3 Å². The Morgan fingerprint density at radius 2 is 1.90 bits per heavy atom. The summed E-state index contributed by atoms with van der Waals surface area (Å²) in [6.07, 6.45) is 8.61. The molecule has 4 aliphatic rings. The first-order valence-electron chi connectivity index (χ1n) is 15.9. The van der Waals surface area contributed by atoms with Crippen molar-refractivity contribution in [3.63, 3.8) is 0 Å². The summed E-state index contributed by atoms with van der Waals surface area (Å²) < 4.78 is 34.0. The average molecular weight is 606 g/mol. The van der Waals surface area contributed by atoms with Crippen LogP contribution in [0.5, 0.6) is 0 Å². The monoisotopic (exact) mass is 605 g/mol. The van der Waals surface area contributed by atoms with Crippen LogP contribution in [0.15, 0.2) is 24.5 Å². The fourth-order valence-electron chi connectivity index (χ4n) is 10.1. The van der Waals surface area contributed by atoms with E-state index >= 15 is 0 Å². The van der Waals surface area contributed by atoms with Crippen molar-refractivity contribution in [2.45, 2.75) is 103 Å². The number of rotatable bonds is 9. The topological polar surface area (TPSA) is 151 Å². The smallest absolute Gasteiger partial charge is 0.222 e. The third-order valence-corrected chi connectivity index (χ3v) is 13.1. The highest BCUT2D eigenvalue weighted by Crippen LogP contribution is 2.68. The Hall–Kier alpha value is -1.59. The van der Waals surface area contributed by atoms with Gasteiger partial charge in [0.2, 0.25) is 5.91 Å². The van der Waals surface area contributed by atoms with Gasteiger partial charge >= 0.3 is 0 Å².